The van der Waals surface area contributed by atoms with Crippen molar-refractivity contribution in [3.8, 4) is 0 Å². The summed E-state index contributed by atoms with van der Waals surface area (Å²) in [5.41, 5.74) is -0.165. The molecule has 10 heteroatoms. The number of morpholine rings is 1. The average molecular weight is 439 g/mol. The van der Waals surface area contributed by atoms with Crippen LogP contribution in [0.5, 0.6) is 0 Å². The molecule has 1 fully saturated rings. The molecule has 2 aromatic rings. The number of nitrogens with zero attached hydrogens (tertiary/aromatic N) is 4. The predicted octanol–water partition coefficient (Wildman–Crippen LogP) is 3.79. The molecule has 7 nitrogen and oxygen atoms in total. The molecule has 0 amide bonds. The summed E-state index contributed by atoms with van der Waals surface area (Å²) in [4.78, 5) is 10.7. The van der Waals surface area contributed by atoms with Gasteiger partial charge in [-0.25, -0.2) is 0 Å². The van der Waals surface area contributed by atoms with Crippen LogP contribution in [0.3, 0.4) is 0 Å². The largest absolute Gasteiger partial charge is 0.416 e. The fourth-order valence-corrected chi connectivity index (χ4v) is 3.33. The monoisotopic (exact) mass is 439 g/mol. The van der Waals surface area contributed by atoms with E-state index < -0.39 is 17.8 Å². The van der Waals surface area contributed by atoms with Crippen LogP contribution in [0.4, 0.5) is 13.2 Å². The normalized spacial score (nSPS) is 18.0. The van der Waals surface area contributed by atoms with Crippen LogP contribution in [0.25, 0.3) is 0 Å². The molecule has 0 spiro atoms. The quantitative estimate of drug-likeness (QED) is 0.419. The van der Waals surface area contributed by atoms with Gasteiger partial charge in [-0.05, 0) is 24.1 Å². The number of aliphatic imine (C=N–C) groups is 1. The maximum atomic E-state index is 13.0. The highest BCUT2D eigenvalue weighted by Crippen LogP contribution is 2.32. The zero-order chi connectivity index (χ0) is 22.4. The van der Waals surface area contributed by atoms with Crippen LogP contribution < -0.4 is 5.32 Å². The second-order valence-corrected chi connectivity index (χ2v) is 7.71. The average Bonchev–Trinajstić information content (AvgIpc) is 3.23. The van der Waals surface area contributed by atoms with Gasteiger partial charge in [-0.1, -0.05) is 31.1 Å². The minimum absolute atomic E-state index is 0.223. The first-order valence-electron chi connectivity index (χ1n) is 10.3. The molecule has 2 heterocycles. The van der Waals surface area contributed by atoms with Crippen LogP contribution in [0.1, 0.15) is 55.1 Å². The minimum atomic E-state index is -4.38. The highest BCUT2D eigenvalue weighted by molar-refractivity contribution is 5.80. The lowest BCUT2D eigenvalue weighted by molar-refractivity contribution is -0.137. The van der Waals surface area contributed by atoms with Gasteiger partial charge in [0.1, 0.15) is 6.10 Å². The first kappa shape index (κ1) is 23.1. The molecule has 1 aromatic heterocycles. The van der Waals surface area contributed by atoms with Gasteiger partial charge in [0.15, 0.2) is 11.8 Å². The molecule has 31 heavy (non-hydrogen) atoms. The molecular weight excluding hydrogens is 411 g/mol. The van der Waals surface area contributed by atoms with Gasteiger partial charge in [-0.3, -0.25) is 4.99 Å². The third kappa shape index (κ3) is 6.19. The van der Waals surface area contributed by atoms with Gasteiger partial charge in [0.2, 0.25) is 5.89 Å². The Morgan fingerprint density at radius 3 is 2.84 bits per heavy atom. The molecule has 0 aliphatic carbocycles. The Balaban J connectivity index is 1.53. The van der Waals surface area contributed by atoms with E-state index in [1.807, 2.05) is 18.7 Å². The van der Waals surface area contributed by atoms with Gasteiger partial charge >= 0.3 is 6.18 Å². The number of ether oxygens (including phenoxy) is 1. The van der Waals surface area contributed by atoms with Gasteiger partial charge in [-0.15, -0.1) is 0 Å². The van der Waals surface area contributed by atoms with E-state index in [0.29, 0.717) is 55.9 Å². The van der Waals surface area contributed by atoms with Crippen molar-refractivity contribution in [3.05, 3.63) is 47.1 Å². The molecule has 0 bridgehead atoms. The maximum Gasteiger partial charge on any atom is 0.416 e. The number of aromatic nitrogens is 2. The topological polar surface area (TPSA) is 75.8 Å². The lowest BCUT2D eigenvalue weighted by atomic mass is 10.0. The van der Waals surface area contributed by atoms with Gasteiger partial charge in [0, 0.05) is 32.5 Å². The molecular formula is C21H28F3N5O2. The van der Waals surface area contributed by atoms with E-state index in [0.717, 1.165) is 18.6 Å². The van der Waals surface area contributed by atoms with Gasteiger partial charge < -0.3 is 19.5 Å². The molecule has 1 atom stereocenters. The minimum Gasteiger partial charge on any atom is -0.370 e. The number of hydrogen-bond donors (Lipinski definition) is 1. The molecule has 1 saturated heterocycles. The van der Waals surface area contributed by atoms with E-state index in [-0.39, 0.29) is 5.92 Å². The van der Waals surface area contributed by atoms with Crippen molar-refractivity contribution in [1.82, 2.24) is 20.4 Å². The van der Waals surface area contributed by atoms with Crippen molar-refractivity contribution in [1.29, 1.82) is 0 Å². The molecule has 3 rings (SSSR count). The summed E-state index contributed by atoms with van der Waals surface area (Å²) >= 11 is 0. The summed E-state index contributed by atoms with van der Waals surface area (Å²) in [6.45, 7) is 6.10. The highest BCUT2D eigenvalue weighted by atomic mass is 19.4. The van der Waals surface area contributed by atoms with E-state index >= 15 is 0 Å². The van der Waals surface area contributed by atoms with Crippen molar-refractivity contribution in [2.45, 2.75) is 44.9 Å². The standard InChI is InChI=1S/C21H28F3N5O2/c1-14(2)19-27-18(31-28-19)8-5-9-26-20(25-3)29-10-11-30-17(13-29)15-6-4-7-16(12-15)21(22,23)24/h4,6-7,12,14,17H,5,8-11,13H2,1-3H3,(H,25,26). The first-order valence-corrected chi connectivity index (χ1v) is 10.3. The molecule has 1 aliphatic rings. The zero-order valence-corrected chi connectivity index (χ0v) is 17.9. The van der Waals surface area contributed by atoms with Crippen LogP contribution in [0.15, 0.2) is 33.8 Å². The molecule has 1 aliphatic heterocycles. The Kier molecular flexibility index (Phi) is 7.53. The van der Waals surface area contributed by atoms with Crippen molar-refractivity contribution >= 4 is 5.96 Å². The molecule has 170 valence electrons. The Labute approximate surface area is 179 Å². The SMILES string of the molecule is CN=C(NCCCc1nc(C(C)C)no1)N1CCOC(c2cccc(C(F)(F)F)c2)C1. The summed E-state index contributed by atoms with van der Waals surface area (Å²) in [6, 6.07) is 5.30. The number of hydrogen-bond acceptors (Lipinski definition) is 5. The fourth-order valence-electron chi connectivity index (χ4n) is 3.33. The molecule has 1 aromatic carbocycles. The van der Waals surface area contributed by atoms with E-state index in [2.05, 4.69) is 20.4 Å². The van der Waals surface area contributed by atoms with Crippen molar-refractivity contribution in [2.24, 2.45) is 4.99 Å². The Hall–Kier alpha value is -2.62. The Morgan fingerprint density at radius 1 is 1.35 bits per heavy atom. The van der Waals surface area contributed by atoms with Gasteiger partial charge in [-0.2, -0.15) is 18.2 Å². The lowest BCUT2D eigenvalue weighted by Crippen LogP contribution is -2.48. The van der Waals surface area contributed by atoms with Gasteiger partial charge in [0.05, 0.1) is 18.7 Å². The molecule has 0 saturated carbocycles. The molecule has 1 unspecified atom stereocenters. The second-order valence-electron chi connectivity index (χ2n) is 7.71. The van der Waals surface area contributed by atoms with Crippen molar-refractivity contribution in [2.75, 3.05) is 33.3 Å². The van der Waals surface area contributed by atoms with E-state index in [1.165, 1.54) is 6.07 Å². The van der Waals surface area contributed by atoms with Crippen LogP contribution in [-0.4, -0.2) is 54.3 Å². The van der Waals surface area contributed by atoms with E-state index in [9.17, 15) is 13.2 Å². The molecule has 1 N–H and O–H groups in total. The number of benzene rings is 1. The molecule has 0 radical (unpaired) electrons. The van der Waals surface area contributed by atoms with E-state index in [1.54, 1.807) is 13.1 Å². The number of nitrogens with one attached hydrogen (secondary N) is 1. The third-order valence-electron chi connectivity index (χ3n) is 5.01. The highest BCUT2D eigenvalue weighted by Gasteiger charge is 2.32. The fraction of sp³-hybridized carbons (Fsp3) is 0.571. The number of guanidine groups is 1. The lowest BCUT2D eigenvalue weighted by Gasteiger charge is -2.35. The summed E-state index contributed by atoms with van der Waals surface area (Å²) in [5.74, 6) is 2.22. The number of halogens is 3. The Bertz CT molecular complexity index is 882. The zero-order valence-electron chi connectivity index (χ0n) is 17.9. The summed E-state index contributed by atoms with van der Waals surface area (Å²) in [5, 5.41) is 7.25. The first-order chi connectivity index (χ1) is 14.8. The van der Waals surface area contributed by atoms with Crippen LogP contribution in [0, 0.1) is 0 Å². The number of rotatable bonds is 6. The van der Waals surface area contributed by atoms with Crippen molar-refractivity contribution < 1.29 is 22.4 Å². The number of alkyl halides is 3. The summed E-state index contributed by atoms with van der Waals surface area (Å²) in [6.07, 6.45) is -3.40. The smallest absolute Gasteiger partial charge is 0.370 e. The summed E-state index contributed by atoms with van der Waals surface area (Å²) < 4.78 is 50.1. The number of aryl methyl sites for hydroxylation is 1. The van der Waals surface area contributed by atoms with Crippen LogP contribution >= 0.6 is 0 Å². The van der Waals surface area contributed by atoms with Crippen LogP contribution in [-0.2, 0) is 17.3 Å². The van der Waals surface area contributed by atoms with Crippen molar-refractivity contribution in [3.63, 3.8) is 0 Å². The maximum absolute atomic E-state index is 13.0. The summed E-state index contributed by atoms with van der Waals surface area (Å²) in [7, 11) is 1.68. The van der Waals surface area contributed by atoms with Crippen LogP contribution in [0.2, 0.25) is 0 Å². The van der Waals surface area contributed by atoms with Gasteiger partial charge in [0.25, 0.3) is 0 Å². The third-order valence-corrected chi connectivity index (χ3v) is 5.01. The Morgan fingerprint density at radius 2 is 2.16 bits per heavy atom. The predicted molar refractivity (Wildman–Crippen MR) is 110 cm³/mol. The second kappa shape index (κ2) is 10.1. The van der Waals surface area contributed by atoms with E-state index in [4.69, 9.17) is 9.26 Å².